The van der Waals surface area contributed by atoms with E-state index in [1.807, 2.05) is 0 Å². The highest BCUT2D eigenvalue weighted by Crippen LogP contribution is 2.15. The van der Waals surface area contributed by atoms with Gasteiger partial charge in [-0.2, -0.15) is 0 Å². The van der Waals surface area contributed by atoms with Gasteiger partial charge in [0.1, 0.15) is 16.5 Å². The third-order valence-corrected chi connectivity index (χ3v) is 4.77. The molecule has 0 saturated carbocycles. The van der Waals surface area contributed by atoms with Gasteiger partial charge in [-0.3, -0.25) is 0 Å². The molecule has 0 atom stereocenters. The monoisotopic (exact) mass is 403 g/mol. The molecule has 0 aliphatic rings. The summed E-state index contributed by atoms with van der Waals surface area (Å²) in [5.41, 5.74) is 0. The Hall–Kier alpha value is -0.280. The van der Waals surface area contributed by atoms with Crippen LogP contribution in [0.5, 0.6) is 0 Å². The zero-order valence-electron chi connectivity index (χ0n) is 10.3. The van der Waals surface area contributed by atoms with E-state index in [9.17, 15) is 17.2 Å². The zero-order valence-corrected chi connectivity index (χ0v) is 13.3. The molecule has 19 heavy (non-hydrogen) atoms. The maximum absolute atomic E-state index is 13.4. The lowest BCUT2D eigenvalue weighted by Gasteiger charge is -2.07. The fraction of sp³-hybridized carbons (Fsp3) is 0.500. The topological polar surface area (TPSA) is 46.2 Å². The Morgan fingerprint density at radius 2 is 1.79 bits per heavy atom. The summed E-state index contributed by atoms with van der Waals surface area (Å²) in [6.45, 7) is 0.236. The first-order valence-corrected chi connectivity index (χ1v) is 8.99. The molecule has 3 nitrogen and oxygen atoms in total. The minimum absolute atomic E-state index is 0.236. The molecule has 0 fully saturated rings. The van der Waals surface area contributed by atoms with Gasteiger partial charge in [0, 0.05) is 6.54 Å². The van der Waals surface area contributed by atoms with Crippen LogP contribution in [0.25, 0.3) is 0 Å². The second-order valence-corrected chi connectivity index (χ2v) is 6.89. The SMILES string of the molecule is O=S(=O)(NCCCCCCI)c1cc(F)ccc1F. The van der Waals surface area contributed by atoms with E-state index in [4.69, 9.17) is 0 Å². The third-order valence-electron chi connectivity index (χ3n) is 2.54. The molecule has 1 rings (SSSR count). The lowest BCUT2D eigenvalue weighted by Crippen LogP contribution is -2.25. The maximum Gasteiger partial charge on any atom is 0.243 e. The number of alkyl halides is 1. The van der Waals surface area contributed by atoms with Gasteiger partial charge in [0.15, 0.2) is 0 Å². The van der Waals surface area contributed by atoms with Crippen molar-refractivity contribution in [2.24, 2.45) is 0 Å². The highest BCUT2D eigenvalue weighted by molar-refractivity contribution is 14.1. The Morgan fingerprint density at radius 1 is 1.11 bits per heavy atom. The van der Waals surface area contributed by atoms with Crippen LogP contribution in [0.2, 0.25) is 0 Å². The molecular weight excluding hydrogens is 387 g/mol. The highest BCUT2D eigenvalue weighted by Gasteiger charge is 2.19. The Bertz CT molecular complexity index is 508. The normalized spacial score (nSPS) is 11.7. The lowest BCUT2D eigenvalue weighted by molar-refractivity contribution is 0.543. The molecule has 0 heterocycles. The number of halogens is 3. The number of hydrogen-bond donors (Lipinski definition) is 1. The van der Waals surface area contributed by atoms with Gasteiger partial charge < -0.3 is 0 Å². The summed E-state index contributed by atoms with van der Waals surface area (Å²) in [5.74, 6) is -1.72. The molecule has 0 bridgehead atoms. The van der Waals surface area contributed by atoms with Crippen LogP contribution >= 0.6 is 22.6 Å². The van der Waals surface area contributed by atoms with E-state index in [-0.39, 0.29) is 6.54 Å². The fourth-order valence-electron chi connectivity index (χ4n) is 1.54. The van der Waals surface area contributed by atoms with E-state index in [2.05, 4.69) is 27.3 Å². The molecule has 1 aromatic carbocycles. The first kappa shape index (κ1) is 16.8. The molecule has 108 valence electrons. The van der Waals surface area contributed by atoms with Gasteiger partial charge in [-0.05, 0) is 35.5 Å². The first-order valence-electron chi connectivity index (χ1n) is 5.98. The molecule has 0 aliphatic heterocycles. The van der Waals surface area contributed by atoms with Crippen LogP contribution in [-0.2, 0) is 10.0 Å². The van der Waals surface area contributed by atoms with Crippen molar-refractivity contribution in [3.63, 3.8) is 0 Å². The highest BCUT2D eigenvalue weighted by atomic mass is 127. The van der Waals surface area contributed by atoms with Gasteiger partial charge in [0.05, 0.1) is 0 Å². The van der Waals surface area contributed by atoms with Crippen LogP contribution in [0.15, 0.2) is 23.1 Å². The second kappa shape index (κ2) is 8.11. The number of rotatable bonds is 8. The molecule has 0 radical (unpaired) electrons. The van der Waals surface area contributed by atoms with Crippen molar-refractivity contribution in [2.45, 2.75) is 30.6 Å². The van der Waals surface area contributed by atoms with Crippen molar-refractivity contribution in [1.82, 2.24) is 4.72 Å². The predicted octanol–water partition coefficient (Wildman–Crippen LogP) is 3.24. The fourth-order valence-corrected chi connectivity index (χ4v) is 3.24. The molecule has 0 aliphatic carbocycles. The Labute approximate surface area is 126 Å². The average Bonchev–Trinajstić information content (AvgIpc) is 2.36. The van der Waals surface area contributed by atoms with E-state index in [1.54, 1.807) is 0 Å². The molecule has 0 spiro atoms. The molecule has 0 saturated heterocycles. The summed E-state index contributed by atoms with van der Waals surface area (Å²) in [4.78, 5) is -0.639. The number of hydrogen-bond acceptors (Lipinski definition) is 2. The first-order chi connectivity index (χ1) is 8.97. The average molecular weight is 403 g/mol. The van der Waals surface area contributed by atoms with Crippen molar-refractivity contribution in [1.29, 1.82) is 0 Å². The molecule has 0 amide bonds. The van der Waals surface area contributed by atoms with Gasteiger partial charge in [-0.25, -0.2) is 21.9 Å². The molecular formula is C12H16F2INO2S. The van der Waals surface area contributed by atoms with Crippen molar-refractivity contribution in [3.05, 3.63) is 29.8 Å². The van der Waals surface area contributed by atoms with Gasteiger partial charge in [0.2, 0.25) is 10.0 Å². The van der Waals surface area contributed by atoms with E-state index >= 15 is 0 Å². The van der Waals surface area contributed by atoms with E-state index < -0.39 is 26.6 Å². The predicted molar refractivity (Wildman–Crippen MR) is 78.9 cm³/mol. The number of sulfonamides is 1. The summed E-state index contributed by atoms with van der Waals surface area (Å²) >= 11 is 2.29. The number of benzene rings is 1. The number of nitrogens with one attached hydrogen (secondary N) is 1. The molecule has 1 N–H and O–H groups in total. The second-order valence-electron chi connectivity index (χ2n) is 4.08. The van der Waals surface area contributed by atoms with Gasteiger partial charge in [-0.15, -0.1) is 0 Å². The smallest absolute Gasteiger partial charge is 0.211 e. The molecule has 1 aromatic rings. The van der Waals surface area contributed by atoms with E-state index in [0.717, 1.165) is 35.8 Å². The minimum Gasteiger partial charge on any atom is -0.211 e. The summed E-state index contributed by atoms with van der Waals surface area (Å²) in [6, 6.07) is 2.39. The van der Waals surface area contributed by atoms with Crippen LogP contribution in [0.4, 0.5) is 8.78 Å². The van der Waals surface area contributed by atoms with Gasteiger partial charge in [-0.1, -0.05) is 35.4 Å². The van der Waals surface area contributed by atoms with Crippen molar-refractivity contribution >= 4 is 32.6 Å². The van der Waals surface area contributed by atoms with Gasteiger partial charge in [0.25, 0.3) is 0 Å². The molecule has 0 aromatic heterocycles. The molecule has 7 heteroatoms. The van der Waals surface area contributed by atoms with Crippen molar-refractivity contribution in [2.75, 3.05) is 11.0 Å². The minimum atomic E-state index is -3.97. The quantitative estimate of drug-likeness (QED) is 0.412. The van der Waals surface area contributed by atoms with Crippen LogP contribution < -0.4 is 4.72 Å². The van der Waals surface area contributed by atoms with Crippen LogP contribution in [0.3, 0.4) is 0 Å². The van der Waals surface area contributed by atoms with Crippen molar-refractivity contribution in [3.8, 4) is 0 Å². The summed E-state index contributed by atoms with van der Waals surface area (Å²) in [6.07, 6.45) is 3.74. The van der Waals surface area contributed by atoms with Crippen molar-refractivity contribution < 1.29 is 17.2 Å². The van der Waals surface area contributed by atoms with Crippen LogP contribution in [0.1, 0.15) is 25.7 Å². The largest absolute Gasteiger partial charge is 0.243 e. The van der Waals surface area contributed by atoms with Crippen LogP contribution in [0, 0.1) is 11.6 Å². The molecule has 0 unspecified atom stereocenters. The lowest BCUT2D eigenvalue weighted by atomic mass is 10.2. The third kappa shape index (κ3) is 5.70. The Morgan fingerprint density at radius 3 is 2.47 bits per heavy atom. The van der Waals surface area contributed by atoms with Crippen LogP contribution in [-0.4, -0.2) is 19.4 Å². The Kier molecular flexibility index (Phi) is 7.16. The standard InChI is InChI=1S/C12H16F2INO2S/c13-10-5-6-11(14)12(9-10)19(17,18)16-8-4-2-1-3-7-15/h5-6,9,16H,1-4,7-8H2. The zero-order chi connectivity index (χ0) is 14.3. The summed E-state index contributed by atoms with van der Waals surface area (Å²) in [5, 5.41) is 0. The van der Waals surface area contributed by atoms with Gasteiger partial charge >= 0.3 is 0 Å². The van der Waals surface area contributed by atoms with E-state index in [0.29, 0.717) is 12.5 Å². The Balaban J connectivity index is 2.54. The maximum atomic E-state index is 13.4. The van der Waals surface area contributed by atoms with E-state index in [1.165, 1.54) is 0 Å². The summed E-state index contributed by atoms with van der Waals surface area (Å²) < 4.78 is 53.2. The summed E-state index contributed by atoms with van der Waals surface area (Å²) in [7, 11) is -3.97. The number of unbranched alkanes of at least 4 members (excludes halogenated alkanes) is 3.